The first-order chi connectivity index (χ1) is 24.9. The van der Waals surface area contributed by atoms with Crippen molar-refractivity contribution in [2.75, 3.05) is 159 Å². The molecule has 0 aromatic carbocycles. The average Bonchev–Trinajstić information content (AvgIpc) is 3.13. The zero-order valence-electron chi connectivity index (χ0n) is 32.4. The van der Waals surface area contributed by atoms with Crippen LogP contribution >= 0.6 is 0 Å². The standard InChI is InChI=1S/C38H78O12/c1-3-5-7-11-15-39-19-23-43-27-31-47-35-37-49-33-29-45-25-21-41-17-13-9-10-14-18-42-22-26-46-30-34-50-38-36-48-32-28-44-24-20-40-16-12-8-6-4-2/h3-38H2,1-2H3. The van der Waals surface area contributed by atoms with E-state index in [1.165, 1.54) is 38.5 Å². The monoisotopic (exact) mass is 727 g/mol. The van der Waals surface area contributed by atoms with Gasteiger partial charge in [-0.2, -0.15) is 0 Å². The van der Waals surface area contributed by atoms with Crippen LogP contribution < -0.4 is 0 Å². The summed E-state index contributed by atoms with van der Waals surface area (Å²) >= 11 is 0. The number of rotatable bonds is 47. The Morgan fingerprint density at radius 2 is 0.300 bits per heavy atom. The van der Waals surface area contributed by atoms with E-state index >= 15 is 0 Å². The molecule has 0 fully saturated rings. The minimum atomic E-state index is 0.556. The lowest BCUT2D eigenvalue weighted by molar-refractivity contribution is -0.0173. The quantitative estimate of drug-likeness (QED) is 0.0696. The fraction of sp³-hybridized carbons (Fsp3) is 1.00. The fourth-order valence-electron chi connectivity index (χ4n) is 4.43. The number of ether oxygens (including phenoxy) is 12. The normalized spacial score (nSPS) is 11.6. The molecule has 0 bridgehead atoms. The van der Waals surface area contributed by atoms with Crippen LogP contribution in [0.4, 0.5) is 0 Å². The van der Waals surface area contributed by atoms with Gasteiger partial charge in [-0.1, -0.05) is 65.2 Å². The molecule has 0 rings (SSSR count). The molecule has 0 N–H and O–H groups in total. The molecule has 50 heavy (non-hydrogen) atoms. The summed E-state index contributed by atoms with van der Waals surface area (Å²) in [5, 5.41) is 0. The Morgan fingerprint density at radius 1 is 0.160 bits per heavy atom. The van der Waals surface area contributed by atoms with Crippen molar-refractivity contribution in [2.45, 2.75) is 90.9 Å². The summed E-state index contributed by atoms with van der Waals surface area (Å²) in [4.78, 5) is 0. The van der Waals surface area contributed by atoms with Gasteiger partial charge in [-0.25, -0.2) is 0 Å². The second-order valence-electron chi connectivity index (χ2n) is 11.9. The Kier molecular flexibility index (Phi) is 48.1. The predicted molar refractivity (Wildman–Crippen MR) is 197 cm³/mol. The van der Waals surface area contributed by atoms with Gasteiger partial charge in [-0.3, -0.25) is 0 Å². The number of unbranched alkanes of at least 4 members (excludes halogenated alkanes) is 9. The Labute approximate surface area is 306 Å². The van der Waals surface area contributed by atoms with E-state index in [-0.39, 0.29) is 0 Å². The fourth-order valence-corrected chi connectivity index (χ4v) is 4.43. The van der Waals surface area contributed by atoms with Crippen molar-refractivity contribution in [1.82, 2.24) is 0 Å². The maximum absolute atomic E-state index is 5.64. The van der Waals surface area contributed by atoms with Crippen LogP contribution in [0.2, 0.25) is 0 Å². The minimum Gasteiger partial charge on any atom is -0.379 e. The molecule has 0 saturated heterocycles. The molecule has 302 valence electrons. The lowest BCUT2D eigenvalue weighted by atomic mass is 10.2. The molecule has 0 spiro atoms. The van der Waals surface area contributed by atoms with Crippen LogP contribution in [0.5, 0.6) is 0 Å². The molecule has 0 atom stereocenters. The van der Waals surface area contributed by atoms with Crippen molar-refractivity contribution in [1.29, 1.82) is 0 Å². The lowest BCUT2D eigenvalue weighted by Gasteiger charge is -2.08. The molecule has 0 amide bonds. The van der Waals surface area contributed by atoms with Gasteiger partial charge in [0.2, 0.25) is 0 Å². The third kappa shape index (κ3) is 47.5. The molecule has 0 aromatic heterocycles. The summed E-state index contributed by atoms with van der Waals surface area (Å²) < 4.78 is 66.5. The summed E-state index contributed by atoms with van der Waals surface area (Å²) in [6, 6.07) is 0. The maximum atomic E-state index is 5.64. The first-order valence-corrected chi connectivity index (χ1v) is 19.8. The van der Waals surface area contributed by atoms with Gasteiger partial charge in [0.25, 0.3) is 0 Å². The van der Waals surface area contributed by atoms with Gasteiger partial charge in [0.1, 0.15) is 0 Å². The molecule has 0 saturated carbocycles. The largest absolute Gasteiger partial charge is 0.379 e. The molecule has 0 radical (unpaired) electrons. The Bertz CT molecular complexity index is 528. The molecule has 0 unspecified atom stereocenters. The van der Waals surface area contributed by atoms with E-state index in [1.807, 2.05) is 0 Å². The van der Waals surface area contributed by atoms with Crippen molar-refractivity contribution >= 4 is 0 Å². The first kappa shape index (κ1) is 49.5. The molecule has 12 heteroatoms. The summed E-state index contributed by atoms with van der Waals surface area (Å²) in [6.45, 7) is 19.3. The molecule has 0 heterocycles. The third-order valence-electron chi connectivity index (χ3n) is 7.33. The van der Waals surface area contributed by atoms with E-state index < -0.39 is 0 Å². The second kappa shape index (κ2) is 48.5. The van der Waals surface area contributed by atoms with Crippen molar-refractivity contribution in [3.63, 3.8) is 0 Å². The summed E-state index contributed by atoms with van der Waals surface area (Å²) in [6.07, 6.45) is 14.2. The number of hydrogen-bond donors (Lipinski definition) is 0. The van der Waals surface area contributed by atoms with E-state index in [4.69, 9.17) is 56.8 Å². The Balaban J connectivity index is 3.04. The highest BCUT2D eigenvalue weighted by atomic mass is 16.6. The van der Waals surface area contributed by atoms with E-state index in [0.29, 0.717) is 132 Å². The van der Waals surface area contributed by atoms with Crippen LogP contribution in [0.15, 0.2) is 0 Å². The topological polar surface area (TPSA) is 111 Å². The van der Waals surface area contributed by atoms with E-state index in [9.17, 15) is 0 Å². The minimum absolute atomic E-state index is 0.556. The highest BCUT2D eigenvalue weighted by Crippen LogP contribution is 2.01. The van der Waals surface area contributed by atoms with Gasteiger partial charge in [0.15, 0.2) is 0 Å². The van der Waals surface area contributed by atoms with E-state index in [0.717, 1.165) is 65.0 Å². The highest BCUT2D eigenvalue weighted by Gasteiger charge is 1.98. The van der Waals surface area contributed by atoms with E-state index in [1.54, 1.807) is 0 Å². The molecule has 0 aliphatic carbocycles. The lowest BCUT2D eigenvalue weighted by Crippen LogP contribution is -2.14. The molecule has 0 aliphatic rings. The summed E-state index contributed by atoms with van der Waals surface area (Å²) in [7, 11) is 0. The van der Waals surface area contributed by atoms with E-state index in [2.05, 4.69) is 13.8 Å². The summed E-state index contributed by atoms with van der Waals surface area (Å²) in [5.74, 6) is 0. The maximum Gasteiger partial charge on any atom is 0.0701 e. The van der Waals surface area contributed by atoms with Crippen LogP contribution in [0.1, 0.15) is 90.9 Å². The molecule has 0 aromatic rings. The van der Waals surface area contributed by atoms with Crippen LogP contribution in [-0.2, 0) is 56.8 Å². The van der Waals surface area contributed by atoms with Gasteiger partial charge in [-0.05, 0) is 25.7 Å². The van der Waals surface area contributed by atoms with Crippen molar-refractivity contribution in [2.24, 2.45) is 0 Å². The zero-order valence-corrected chi connectivity index (χ0v) is 32.4. The molecular weight excluding hydrogens is 648 g/mol. The van der Waals surface area contributed by atoms with Gasteiger partial charge in [-0.15, -0.1) is 0 Å². The Morgan fingerprint density at radius 3 is 0.460 bits per heavy atom. The third-order valence-corrected chi connectivity index (χ3v) is 7.33. The van der Waals surface area contributed by atoms with Crippen LogP contribution in [0.3, 0.4) is 0 Å². The van der Waals surface area contributed by atoms with Gasteiger partial charge < -0.3 is 56.8 Å². The predicted octanol–water partition coefficient (Wildman–Crippen LogP) is 5.91. The van der Waals surface area contributed by atoms with Crippen molar-refractivity contribution < 1.29 is 56.8 Å². The average molecular weight is 727 g/mol. The number of hydrogen-bond acceptors (Lipinski definition) is 12. The van der Waals surface area contributed by atoms with Crippen LogP contribution in [0, 0.1) is 0 Å². The Hall–Kier alpha value is -0.480. The second-order valence-corrected chi connectivity index (χ2v) is 11.9. The highest BCUT2D eigenvalue weighted by molar-refractivity contribution is 4.45. The first-order valence-electron chi connectivity index (χ1n) is 19.8. The molecule has 12 nitrogen and oxygen atoms in total. The van der Waals surface area contributed by atoms with Crippen LogP contribution in [0.25, 0.3) is 0 Å². The van der Waals surface area contributed by atoms with Gasteiger partial charge in [0, 0.05) is 26.4 Å². The SMILES string of the molecule is CCCCCCOCCOCCOCCOCCOCCOCCCCCCOCCOCCOCCOCCOCCOCCCCCC. The smallest absolute Gasteiger partial charge is 0.0701 e. The summed E-state index contributed by atoms with van der Waals surface area (Å²) in [5.41, 5.74) is 0. The van der Waals surface area contributed by atoms with Crippen LogP contribution in [-0.4, -0.2) is 159 Å². The van der Waals surface area contributed by atoms with Crippen molar-refractivity contribution in [3.05, 3.63) is 0 Å². The van der Waals surface area contributed by atoms with Gasteiger partial charge in [0.05, 0.1) is 132 Å². The molecular formula is C38H78O12. The van der Waals surface area contributed by atoms with Crippen molar-refractivity contribution in [3.8, 4) is 0 Å². The van der Waals surface area contributed by atoms with Gasteiger partial charge >= 0.3 is 0 Å². The molecule has 0 aliphatic heterocycles. The zero-order chi connectivity index (χ0) is 35.9.